The van der Waals surface area contributed by atoms with Gasteiger partial charge in [-0.3, -0.25) is 0 Å². The van der Waals surface area contributed by atoms with Crippen LogP contribution in [0.3, 0.4) is 0 Å². The Bertz CT molecular complexity index is 702. The molecular formula is C20H20N2O. The van der Waals surface area contributed by atoms with E-state index in [1.165, 1.54) is 11.1 Å². The Morgan fingerprint density at radius 1 is 0.739 bits per heavy atom. The van der Waals surface area contributed by atoms with Crippen LogP contribution in [0.4, 0.5) is 10.5 Å². The SMILES string of the molecule is Cc1ccccc1NC(N)=O.c1ccc(-c2ccccc2)cc1. The Labute approximate surface area is 136 Å². The van der Waals surface area contributed by atoms with Gasteiger partial charge in [0.1, 0.15) is 0 Å². The summed E-state index contributed by atoms with van der Waals surface area (Å²) < 4.78 is 0. The quantitative estimate of drug-likeness (QED) is 0.699. The zero-order valence-electron chi connectivity index (χ0n) is 13.1. The number of urea groups is 1. The highest BCUT2D eigenvalue weighted by molar-refractivity contribution is 5.88. The molecule has 3 heteroatoms. The number of carbonyl (C=O) groups excluding carboxylic acids is 1. The lowest BCUT2D eigenvalue weighted by molar-refractivity contribution is 0.259. The summed E-state index contributed by atoms with van der Waals surface area (Å²) in [4.78, 5) is 10.4. The highest BCUT2D eigenvalue weighted by Gasteiger charge is 1.97. The van der Waals surface area contributed by atoms with Crippen LogP contribution in [0.2, 0.25) is 0 Å². The predicted molar refractivity (Wildman–Crippen MR) is 96.3 cm³/mol. The summed E-state index contributed by atoms with van der Waals surface area (Å²) in [6.07, 6.45) is 0. The average Bonchev–Trinajstić information content (AvgIpc) is 2.59. The largest absolute Gasteiger partial charge is 0.351 e. The topological polar surface area (TPSA) is 55.1 Å². The van der Waals surface area contributed by atoms with Crippen LogP contribution in [0.15, 0.2) is 84.9 Å². The Hall–Kier alpha value is -3.07. The molecule has 3 N–H and O–H groups in total. The van der Waals surface area contributed by atoms with Crippen molar-refractivity contribution in [1.82, 2.24) is 0 Å². The van der Waals surface area contributed by atoms with E-state index in [2.05, 4.69) is 53.8 Å². The van der Waals surface area contributed by atoms with Crippen LogP contribution in [0.5, 0.6) is 0 Å². The van der Waals surface area contributed by atoms with E-state index in [9.17, 15) is 4.79 Å². The van der Waals surface area contributed by atoms with E-state index in [4.69, 9.17) is 5.73 Å². The predicted octanol–water partition coefficient (Wildman–Crippen LogP) is 4.84. The van der Waals surface area contributed by atoms with E-state index in [0.717, 1.165) is 11.3 Å². The fourth-order valence-corrected chi connectivity index (χ4v) is 2.11. The number of carbonyl (C=O) groups is 1. The van der Waals surface area contributed by atoms with E-state index >= 15 is 0 Å². The van der Waals surface area contributed by atoms with Gasteiger partial charge in [-0.05, 0) is 29.7 Å². The van der Waals surface area contributed by atoms with E-state index in [1.807, 2.05) is 37.3 Å². The van der Waals surface area contributed by atoms with Gasteiger partial charge in [0.05, 0.1) is 0 Å². The minimum Gasteiger partial charge on any atom is -0.351 e. The summed E-state index contributed by atoms with van der Waals surface area (Å²) in [7, 11) is 0. The van der Waals surface area contributed by atoms with Crippen molar-refractivity contribution in [3.8, 4) is 11.1 Å². The first-order valence-electron chi connectivity index (χ1n) is 7.39. The molecule has 0 bridgehead atoms. The molecule has 0 fully saturated rings. The zero-order chi connectivity index (χ0) is 16.5. The van der Waals surface area contributed by atoms with Crippen molar-refractivity contribution in [3.05, 3.63) is 90.5 Å². The lowest BCUT2D eigenvalue weighted by atomic mass is 10.1. The maximum Gasteiger partial charge on any atom is 0.316 e. The number of amides is 2. The van der Waals surface area contributed by atoms with Gasteiger partial charge in [-0.1, -0.05) is 78.9 Å². The summed E-state index contributed by atoms with van der Waals surface area (Å²) in [6, 6.07) is 27.7. The van der Waals surface area contributed by atoms with Gasteiger partial charge in [0.2, 0.25) is 0 Å². The lowest BCUT2D eigenvalue weighted by Crippen LogP contribution is -2.19. The van der Waals surface area contributed by atoms with Crippen molar-refractivity contribution < 1.29 is 4.79 Å². The second-order valence-corrected chi connectivity index (χ2v) is 5.04. The van der Waals surface area contributed by atoms with Crippen LogP contribution < -0.4 is 11.1 Å². The van der Waals surface area contributed by atoms with Gasteiger partial charge in [-0.15, -0.1) is 0 Å². The number of nitrogens with two attached hydrogens (primary N) is 1. The maximum atomic E-state index is 10.4. The van der Waals surface area contributed by atoms with Crippen molar-refractivity contribution in [1.29, 1.82) is 0 Å². The molecule has 3 aromatic carbocycles. The molecule has 0 aliphatic rings. The molecule has 0 aliphatic heterocycles. The van der Waals surface area contributed by atoms with Crippen molar-refractivity contribution in [2.75, 3.05) is 5.32 Å². The molecule has 0 aliphatic carbocycles. The van der Waals surface area contributed by atoms with Crippen LogP contribution in [0.25, 0.3) is 11.1 Å². The molecule has 3 rings (SSSR count). The van der Waals surface area contributed by atoms with E-state index < -0.39 is 6.03 Å². The Balaban J connectivity index is 0.000000168. The number of primary amides is 1. The third-order valence-corrected chi connectivity index (χ3v) is 3.28. The standard InChI is InChI=1S/C12H10.C8H10N2O/c1-3-7-11(8-4-1)12-9-5-2-6-10-12;1-6-4-2-3-5-7(6)10-8(9)11/h1-10H;2-5H,1H3,(H3,9,10,11). The number of nitrogens with one attached hydrogen (secondary N) is 1. The van der Waals surface area contributed by atoms with Crippen LogP contribution in [0.1, 0.15) is 5.56 Å². The fraction of sp³-hybridized carbons (Fsp3) is 0.0500. The zero-order valence-corrected chi connectivity index (χ0v) is 13.1. The van der Waals surface area contributed by atoms with Crippen LogP contribution >= 0.6 is 0 Å². The molecular weight excluding hydrogens is 284 g/mol. The molecule has 3 nitrogen and oxygen atoms in total. The number of para-hydroxylation sites is 1. The van der Waals surface area contributed by atoms with Crippen LogP contribution in [-0.2, 0) is 0 Å². The third kappa shape index (κ3) is 5.32. The van der Waals surface area contributed by atoms with Gasteiger partial charge in [0.15, 0.2) is 0 Å². The van der Waals surface area contributed by atoms with Gasteiger partial charge in [-0.25, -0.2) is 4.79 Å². The van der Waals surface area contributed by atoms with Crippen molar-refractivity contribution in [2.24, 2.45) is 5.73 Å². The Morgan fingerprint density at radius 2 is 1.17 bits per heavy atom. The lowest BCUT2D eigenvalue weighted by Gasteiger charge is -2.03. The highest BCUT2D eigenvalue weighted by atomic mass is 16.2. The van der Waals surface area contributed by atoms with E-state index in [-0.39, 0.29) is 0 Å². The normalized spacial score (nSPS) is 9.43. The molecule has 3 aromatic rings. The minimum absolute atomic E-state index is 0.528. The fourth-order valence-electron chi connectivity index (χ4n) is 2.11. The number of hydrogen-bond donors (Lipinski definition) is 2. The Kier molecular flexibility index (Phi) is 5.95. The first-order valence-corrected chi connectivity index (χ1v) is 7.39. The summed E-state index contributed by atoms with van der Waals surface area (Å²) in [5.74, 6) is 0. The van der Waals surface area contributed by atoms with Gasteiger partial charge < -0.3 is 11.1 Å². The Morgan fingerprint density at radius 3 is 1.61 bits per heavy atom. The molecule has 0 radical (unpaired) electrons. The molecule has 0 aromatic heterocycles. The van der Waals surface area contributed by atoms with E-state index in [0.29, 0.717) is 0 Å². The van der Waals surface area contributed by atoms with Gasteiger partial charge in [0, 0.05) is 5.69 Å². The maximum absolute atomic E-state index is 10.4. The number of aryl methyl sites for hydroxylation is 1. The van der Waals surface area contributed by atoms with Crippen molar-refractivity contribution in [2.45, 2.75) is 6.92 Å². The molecule has 0 heterocycles. The molecule has 116 valence electrons. The molecule has 0 atom stereocenters. The van der Waals surface area contributed by atoms with Crippen molar-refractivity contribution in [3.63, 3.8) is 0 Å². The molecule has 0 saturated heterocycles. The molecule has 0 spiro atoms. The molecule has 2 amide bonds. The van der Waals surface area contributed by atoms with Crippen LogP contribution in [0, 0.1) is 6.92 Å². The second-order valence-electron chi connectivity index (χ2n) is 5.04. The van der Waals surface area contributed by atoms with Crippen molar-refractivity contribution >= 4 is 11.7 Å². The number of rotatable bonds is 2. The smallest absolute Gasteiger partial charge is 0.316 e. The monoisotopic (exact) mass is 304 g/mol. The second kappa shape index (κ2) is 8.39. The number of anilines is 1. The molecule has 23 heavy (non-hydrogen) atoms. The van der Waals surface area contributed by atoms with E-state index in [1.54, 1.807) is 6.07 Å². The summed E-state index contributed by atoms with van der Waals surface area (Å²) in [5.41, 5.74) is 9.27. The van der Waals surface area contributed by atoms with Gasteiger partial charge >= 0.3 is 6.03 Å². The third-order valence-electron chi connectivity index (χ3n) is 3.28. The number of benzene rings is 3. The average molecular weight is 304 g/mol. The van der Waals surface area contributed by atoms with Crippen LogP contribution in [-0.4, -0.2) is 6.03 Å². The van der Waals surface area contributed by atoms with Gasteiger partial charge in [0.25, 0.3) is 0 Å². The minimum atomic E-state index is -0.528. The summed E-state index contributed by atoms with van der Waals surface area (Å²) >= 11 is 0. The first-order chi connectivity index (χ1) is 11.2. The highest BCUT2D eigenvalue weighted by Crippen LogP contribution is 2.17. The molecule has 0 saturated carbocycles. The molecule has 0 unspecified atom stereocenters. The number of hydrogen-bond acceptors (Lipinski definition) is 1. The first kappa shape index (κ1) is 16.3. The van der Waals surface area contributed by atoms with Gasteiger partial charge in [-0.2, -0.15) is 0 Å². The summed E-state index contributed by atoms with van der Waals surface area (Å²) in [6.45, 7) is 1.91. The summed E-state index contributed by atoms with van der Waals surface area (Å²) in [5, 5.41) is 2.51.